The lowest BCUT2D eigenvalue weighted by atomic mass is 10.2. The van der Waals surface area contributed by atoms with Crippen molar-refractivity contribution in [1.29, 1.82) is 0 Å². The first-order chi connectivity index (χ1) is 7.75. The van der Waals surface area contributed by atoms with Crippen LogP contribution < -0.4 is 4.74 Å². The Hall–Kier alpha value is -1.35. The molecule has 0 aliphatic heterocycles. The fourth-order valence-electron chi connectivity index (χ4n) is 1.31. The van der Waals surface area contributed by atoms with E-state index < -0.39 is 0 Å². The van der Waals surface area contributed by atoms with Gasteiger partial charge in [0, 0.05) is 4.47 Å². The summed E-state index contributed by atoms with van der Waals surface area (Å²) in [5.41, 5.74) is 2.12. The lowest BCUT2D eigenvalue weighted by Gasteiger charge is -2.06. The first-order valence-electron chi connectivity index (χ1n) is 5.04. The largest absolute Gasteiger partial charge is 0.487 e. The molecule has 0 unspecified atom stereocenters. The third kappa shape index (κ3) is 2.83. The quantitative estimate of drug-likeness (QED) is 0.853. The first-order valence-corrected chi connectivity index (χ1v) is 5.84. The smallest absolute Gasteiger partial charge is 0.139 e. The van der Waals surface area contributed by atoms with Crippen LogP contribution in [-0.4, -0.2) is 4.98 Å². The summed E-state index contributed by atoms with van der Waals surface area (Å²) in [5, 5.41) is 0. The molecule has 0 spiro atoms. The summed E-state index contributed by atoms with van der Waals surface area (Å²) >= 11 is 3.43. The van der Waals surface area contributed by atoms with Crippen LogP contribution in [0.3, 0.4) is 0 Å². The predicted octanol–water partition coefficient (Wildman–Crippen LogP) is 3.73. The maximum atomic E-state index is 5.64. The van der Waals surface area contributed by atoms with Gasteiger partial charge in [-0.2, -0.15) is 0 Å². The summed E-state index contributed by atoms with van der Waals surface area (Å²) in [7, 11) is 0. The molecule has 0 fully saturated rings. The van der Waals surface area contributed by atoms with Crippen molar-refractivity contribution >= 4 is 15.9 Å². The Kier molecular flexibility index (Phi) is 3.57. The third-order valence-corrected chi connectivity index (χ3v) is 3.05. The van der Waals surface area contributed by atoms with E-state index in [9.17, 15) is 0 Å². The average Bonchev–Trinajstić information content (AvgIpc) is 2.32. The monoisotopic (exact) mass is 277 g/mol. The second-order valence-corrected chi connectivity index (χ2v) is 4.37. The molecule has 0 N–H and O–H groups in total. The van der Waals surface area contributed by atoms with E-state index in [0.717, 1.165) is 21.5 Å². The molecule has 0 atom stereocenters. The van der Waals surface area contributed by atoms with Crippen LogP contribution in [0.2, 0.25) is 0 Å². The molecule has 0 radical (unpaired) electrons. The maximum Gasteiger partial charge on any atom is 0.139 e. The Labute approximate surface area is 103 Å². The highest BCUT2D eigenvalue weighted by Gasteiger charge is 2.00. The van der Waals surface area contributed by atoms with Gasteiger partial charge in [0.25, 0.3) is 0 Å². The molecule has 2 rings (SSSR count). The van der Waals surface area contributed by atoms with E-state index in [1.165, 1.54) is 0 Å². The van der Waals surface area contributed by atoms with Crippen molar-refractivity contribution < 1.29 is 4.74 Å². The molecule has 2 nitrogen and oxygen atoms in total. The van der Waals surface area contributed by atoms with E-state index in [0.29, 0.717) is 6.61 Å². The molecule has 0 amide bonds. The predicted molar refractivity (Wildman–Crippen MR) is 67.4 cm³/mol. The van der Waals surface area contributed by atoms with Gasteiger partial charge in [-0.1, -0.05) is 30.3 Å². The number of hydrogen-bond acceptors (Lipinski definition) is 2. The van der Waals surface area contributed by atoms with Crippen molar-refractivity contribution in [1.82, 2.24) is 4.98 Å². The van der Waals surface area contributed by atoms with Crippen LogP contribution in [0.1, 0.15) is 11.3 Å². The van der Waals surface area contributed by atoms with Crippen LogP contribution >= 0.6 is 15.9 Å². The topological polar surface area (TPSA) is 22.1 Å². The van der Waals surface area contributed by atoms with Crippen molar-refractivity contribution in [3.05, 3.63) is 58.3 Å². The Bertz CT molecular complexity index is 471. The number of hydrogen-bond donors (Lipinski definition) is 0. The van der Waals surface area contributed by atoms with Gasteiger partial charge in [-0.05, 0) is 34.5 Å². The Balaban J connectivity index is 2.03. The molecule has 1 aromatic carbocycles. The Morgan fingerprint density at radius 1 is 1.25 bits per heavy atom. The summed E-state index contributed by atoms with van der Waals surface area (Å²) in [6.07, 6.45) is 1.74. The maximum absolute atomic E-state index is 5.64. The molecule has 0 aliphatic carbocycles. The molecule has 0 saturated heterocycles. The minimum atomic E-state index is 0.567. The molecule has 1 aromatic heterocycles. The summed E-state index contributed by atoms with van der Waals surface area (Å²) in [4.78, 5) is 4.22. The Morgan fingerprint density at radius 3 is 2.69 bits per heavy atom. The average molecular weight is 278 g/mol. The summed E-state index contributed by atoms with van der Waals surface area (Å²) in [5.74, 6) is 0.779. The number of aromatic nitrogens is 1. The fourth-order valence-corrected chi connectivity index (χ4v) is 1.64. The molecular formula is C13H12BrNO. The second kappa shape index (κ2) is 5.12. The highest BCUT2D eigenvalue weighted by Crippen LogP contribution is 2.20. The summed E-state index contributed by atoms with van der Waals surface area (Å²) < 4.78 is 6.61. The van der Waals surface area contributed by atoms with E-state index in [4.69, 9.17) is 4.74 Å². The highest BCUT2D eigenvalue weighted by atomic mass is 79.9. The van der Waals surface area contributed by atoms with Crippen molar-refractivity contribution in [2.24, 2.45) is 0 Å². The molecular weight excluding hydrogens is 266 g/mol. The van der Waals surface area contributed by atoms with E-state index in [2.05, 4.69) is 20.9 Å². The van der Waals surface area contributed by atoms with Gasteiger partial charge >= 0.3 is 0 Å². The standard InChI is InChI=1S/C13H12BrNO/c1-10-13(14)7-12(8-15-10)16-9-11-5-3-2-4-6-11/h2-8H,9H2,1H3. The van der Waals surface area contributed by atoms with Gasteiger partial charge in [0.1, 0.15) is 12.4 Å². The molecule has 82 valence electrons. The van der Waals surface area contributed by atoms with Crippen LogP contribution in [-0.2, 0) is 6.61 Å². The lowest BCUT2D eigenvalue weighted by molar-refractivity contribution is 0.304. The summed E-state index contributed by atoms with van der Waals surface area (Å²) in [6, 6.07) is 12.0. The number of halogens is 1. The SMILES string of the molecule is Cc1ncc(OCc2ccccc2)cc1Br. The van der Waals surface area contributed by atoms with Crippen LogP contribution in [0, 0.1) is 6.92 Å². The van der Waals surface area contributed by atoms with Crippen molar-refractivity contribution in [2.45, 2.75) is 13.5 Å². The number of aryl methyl sites for hydroxylation is 1. The van der Waals surface area contributed by atoms with Crippen molar-refractivity contribution in [2.75, 3.05) is 0 Å². The molecule has 16 heavy (non-hydrogen) atoms. The van der Waals surface area contributed by atoms with Crippen molar-refractivity contribution in [3.63, 3.8) is 0 Å². The van der Waals surface area contributed by atoms with Crippen LogP contribution in [0.4, 0.5) is 0 Å². The zero-order valence-electron chi connectivity index (χ0n) is 8.98. The zero-order chi connectivity index (χ0) is 11.4. The molecule has 0 aliphatic rings. The minimum absolute atomic E-state index is 0.567. The van der Waals surface area contributed by atoms with Gasteiger partial charge < -0.3 is 4.74 Å². The van der Waals surface area contributed by atoms with Crippen LogP contribution in [0.5, 0.6) is 5.75 Å². The van der Waals surface area contributed by atoms with Gasteiger partial charge in [0.2, 0.25) is 0 Å². The molecule has 1 heterocycles. The van der Waals surface area contributed by atoms with Crippen LogP contribution in [0.15, 0.2) is 47.1 Å². The molecule has 3 heteroatoms. The Morgan fingerprint density at radius 2 is 2.00 bits per heavy atom. The molecule has 0 saturated carbocycles. The highest BCUT2D eigenvalue weighted by molar-refractivity contribution is 9.10. The zero-order valence-corrected chi connectivity index (χ0v) is 10.6. The number of nitrogens with zero attached hydrogens (tertiary/aromatic N) is 1. The minimum Gasteiger partial charge on any atom is -0.487 e. The van der Waals surface area contributed by atoms with Crippen molar-refractivity contribution in [3.8, 4) is 5.75 Å². The fraction of sp³-hybridized carbons (Fsp3) is 0.154. The van der Waals surface area contributed by atoms with Crippen LogP contribution in [0.25, 0.3) is 0 Å². The number of benzene rings is 1. The van der Waals surface area contributed by atoms with E-state index in [1.54, 1.807) is 6.20 Å². The van der Waals surface area contributed by atoms with Gasteiger partial charge in [-0.3, -0.25) is 4.98 Å². The van der Waals surface area contributed by atoms with E-state index >= 15 is 0 Å². The third-order valence-electron chi connectivity index (χ3n) is 2.25. The number of ether oxygens (including phenoxy) is 1. The molecule has 0 bridgehead atoms. The van der Waals surface area contributed by atoms with Gasteiger partial charge in [-0.25, -0.2) is 0 Å². The lowest BCUT2D eigenvalue weighted by Crippen LogP contribution is -1.96. The number of pyridine rings is 1. The first kappa shape index (κ1) is 11.1. The van der Waals surface area contributed by atoms with E-state index in [-0.39, 0.29) is 0 Å². The normalized spacial score (nSPS) is 10.1. The number of rotatable bonds is 3. The second-order valence-electron chi connectivity index (χ2n) is 3.51. The van der Waals surface area contributed by atoms with Gasteiger partial charge in [-0.15, -0.1) is 0 Å². The van der Waals surface area contributed by atoms with Gasteiger partial charge in [0.15, 0.2) is 0 Å². The summed E-state index contributed by atoms with van der Waals surface area (Å²) in [6.45, 7) is 2.52. The van der Waals surface area contributed by atoms with E-state index in [1.807, 2.05) is 43.3 Å². The molecule has 2 aromatic rings. The van der Waals surface area contributed by atoms with Gasteiger partial charge in [0.05, 0.1) is 11.9 Å².